The third-order valence-electron chi connectivity index (χ3n) is 3.13. The van der Waals surface area contributed by atoms with E-state index in [9.17, 15) is 0 Å². The minimum atomic E-state index is 0.509. The summed E-state index contributed by atoms with van der Waals surface area (Å²) in [6, 6.07) is 8.20. The zero-order valence-corrected chi connectivity index (χ0v) is 13.9. The van der Waals surface area contributed by atoms with Crippen LogP contribution in [-0.2, 0) is 14.2 Å². The molecule has 0 saturated carbocycles. The highest BCUT2D eigenvalue weighted by Gasteiger charge is 2.01. The van der Waals surface area contributed by atoms with Crippen molar-refractivity contribution in [3.63, 3.8) is 0 Å². The molecule has 0 fully saturated rings. The maximum Gasteiger partial charge on any atom is 0.0718 e. The molecule has 1 aromatic rings. The third kappa shape index (κ3) is 7.55. The molecule has 0 unspecified atom stereocenters. The molecule has 0 saturated heterocycles. The summed E-state index contributed by atoms with van der Waals surface area (Å²) in [4.78, 5) is 0. The van der Waals surface area contributed by atoms with Gasteiger partial charge in [-0.3, -0.25) is 0 Å². The van der Waals surface area contributed by atoms with Crippen molar-refractivity contribution in [1.82, 2.24) is 0 Å². The van der Waals surface area contributed by atoms with E-state index in [1.165, 1.54) is 0 Å². The van der Waals surface area contributed by atoms with Crippen LogP contribution in [0.25, 0.3) is 11.1 Å². The van der Waals surface area contributed by atoms with Crippen LogP contribution < -0.4 is 0 Å². The Morgan fingerprint density at radius 3 is 2.14 bits per heavy atom. The molecule has 0 bridgehead atoms. The van der Waals surface area contributed by atoms with Gasteiger partial charge in [-0.05, 0) is 36.1 Å². The molecule has 0 amide bonds. The lowest BCUT2D eigenvalue weighted by atomic mass is 10.0. The molecule has 122 valence electrons. The van der Waals surface area contributed by atoms with Crippen molar-refractivity contribution in [2.75, 3.05) is 39.6 Å². The number of benzene rings is 1. The highest BCUT2D eigenvalue weighted by Crippen LogP contribution is 2.18. The number of hydrogen-bond donors (Lipinski definition) is 0. The summed E-state index contributed by atoms with van der Waals surface area (Å²) < 4.78 is 16.3. The van der Waals surface area contributed by atoms with Crippen LogP contribution in [0.2, 0.25) is 0 Å². The van der Waals surface area contributed by atoms with Crippen molar-refractivity contribution in [2.45, 2.75) is 20.3 Å². The fourth-order valence-corrected chi connectivity index (χ4v) is 1.87. The molecule has 0 aromatic heterocycles. The highest BCUT2D eigenvalue weighted by atomic mass is 16.5. The van der Waals surface area contributed by atoms with Crippen LogP contribution in [0.1, 0.15) is 31.4 Å². The molecule has 3 heteroatoms. The number of ether oxygens (including phenoxy) is 3. The molecule has 1 rings (SSSR count). The van der Waals surface area contributed by atoms with E-state index in [4.69, 9.17) is 14.2 Å². The number of rotatable bonds is 12. The lowest BCUT2D eigenvalue weighted by Gasteiger charge is -2.10. The molecule has 0 radical (unpaired) electrons. The van der Waals surface area contributed by atoms with Gasteiger partial charge in [-0.1, -0.05) is 43.9 Å². The molecule has 0 aliphatic rings. The van der Waals surface area contributed by atoms with Crippen molar-refractivity contribution in [2.24, 2.45) is 0 Å². The Morgan fingerprint density at radius 1 is 0.909 bits per heavy atom. The predicted molar refractivity (Wildman–Crippen MR) is 92.9 cm³/mol. The quantitative estimate of drug-likeness (QED) is 0.542. The van der Waals surface area contributed by atoms with Gasteiger partial charge >= 0.3 is 0 Å². The molecule has 0 atom stereocenters. The predicted octanol–water partition coefficient (Wildman–Crippen LogP) is 4.19. The standard InChI is InChI=1S/C19H28O3/c1-5-9-20-10-11-21-12-13-22-15-17(4)19-8-6-7-18(14-19)16(2)3/h6-8,14H,2,4-5,9-13,15H2,1,3H3. The van der Waals surface area contributed by atoms with Crippen LogP contribution in [0.4, 0.5) is 0 Å². The molecule has 0 aliphatic heterocycles. The van der Waals surface area contributed by atoms with Crippen molar-refractivity contribution in [1.29, 1.82) is 0 Å². The SMILES string of the molecule is C=C(C)c1cccc(C(=C)COCCOCCOCCC)c1. The van der Waals surface area contributed by atoms with E-state index in [1.54, 1.807) is 0 Å². The monoisotopic (exact) mass is 304 g/mol. The third-order valence-corrected chi connectivity index (χ3v) is 3.13. The molecular formula is C19H28O3. The summed E-state index contributed by atoms with van der Waals surface area (Å²) >= 11 is 0. The van der Waals surface area contributed by atoms with Gasteiger partial charge in [0, 0.05) is 6.61 Å². The lowest BCUT2D eigenvalue weighted by Crippen LogP contribution is -2.10. The summed E-state index contributed by atoms with van der Waals surface area (Å²) in [5.41, 5.74) is 4.24. The van der Waals surface area contributed by atoms with Gasteiger partial charge in [0.2, 0.25) is 0 Å². The van der Waals surface area contributed by atoms with Gasteiger partial charge in [-0.2, -0.15) is 0 Å². The lowest BCUT2D eigenvalue weighted by molar-refractivity contribution is 0.0205. The van der Waals surface area contributed by atoms with Gasteiger partial charge < -0.3 is 14.2 Å². The first-order valence-corrected chi connectivity index (χ1v) is 7.82. The first kappa shape index (κ1) is 18.6. The van der Waals surface area contributed by atoms with Crippen LogP contribution in [0, 0.1) is 0 Å². The van der Waals surface area contributed by atoms with Gasteiger partial charge in [0.15, 0.2) is 0 Å². The molecule has 22 heavy (non-hydrogen) atoms. The van der Waals surface area contributed by atoms with E-state index in [2.05, 4.69) is 32.2 Å². The maximum absolute atomic E-state index is 5.59. The van der Waals surface area contributed by atoms with Gasteiger partial charge in [0.25, 0.3) is 0 Å². The first-order chi connectivity index (χ1) is 10.6. The molecule has 3 nitrogen and oxygen atoms in total. The zero-order chi connectivity index (χ0) is 16.2. The van der Waals surface area contributed by atoms with Gasteiger partial charge in [-0.15, -0.1) is 0 Å². The van der Waals surface area contributed by atoms with Crippen molar-refractivity contribution in [3.05, 3.63) is 48.6 Å². The second-order valence-electron chi connectivity index (χ2n) is 5.24. The van der Waals surface area contributed by atoms with Crippen LogP contribution in [0.3, 0.4) is 0 Å². The van der Waals surface area contributed by atoms with Crippen LogP contribution >= 0.6 is 0 Å². The van der Waals surface area contributed by atoms with E-state index in [0.717, 1.165) is 35.3 Å². The zero-order valence-electron chi connectivity index (χ0n) is 13.9. The van der Waals surface area contributed by atoms with E-state index in [0.29, 0.717) is 33.0 Å². The Morgan fingerprint density at radius 2 is 1.50 bits per heavy atom. The second kappa shape index (κ2) is 11.2. The topological polar surface area (TPSA) is 27.7 Å². The first-order valence-electron chi connectivity index (χ1n) is 7.82. The average Bonchev–Trinajstić information content (AvgIpc) is 2.53. The summed E-state index contributed by atoms with van der Waals surface area (Å²) in [5.74, 6) is 0. The Kier molecular flexibility index (Phi) is 9.47. The maximum atomic E-state index is 5.59. The van der Waals surface area contributed by atoms with E-state index in [-0.39, 0.29) is 0 Å². The van der Waals surface area contributed by atoms with Crippen LogP contribution in [0.15, 0.2) is 37.4 Å². The highest BCUT2D eigenvalue weighted by molar-refractivity contribution is 5.70. The molecule has 0 aliphatic carbocycles. The van der Waals surface area contributed by atoms with Crippen molar-refractivity contribution < 1.29 is 14.2 Å². The normalized spacial score (nSPS) is 10.6. The van der Waals surface area contributed by atoms with Gasteiger partial charge in [0.1, 0.15) is 0 Å². The van der Waals surface area contributed by atoms with Crippen LogP contribution in [0.5, 0.6) is 0 Å². The van der Waals surface area contributed by atoms with E-state index < -0.39 is 0 Å². The van der Waals surface area contributed by atoms with E-state index >= 15 is 0 Å². The molecular weight excluding hydrogens is 276 g/mol. The summed E-state index contributed by atoms with van der Waals surface area (Å²) in [6.45, 7) is 15.8. The summed E-state index contributed by atoms with van der Waals surface area (Å²) in [6.07, 6.45) is 1.04. The minimum Gasteiger partial charge on any atom is -0.379 e. The van der Waals surface area contributed by atoms with Gasteiger partial charge in [0.05, 0.1) is 33.0 Å². The Hall–Kier alpha value is -1.42. The summed E-state index contributed by atoms with van der Waals surface area (Å²) in [5, 5.41) is 0. The molecule has 1 aromatic carbocycles. The average molecular weight is 304 g/mol. The summed E-state index contributed by atoms with van der Waals surface area (Å²) in [7, 11) is 0. The van der Waals surface area contributed by atoms with E-state index in [1.807, 2.05) is 19.1 Å². The van der Waals surface area contributed by atoms with Gasteiger partial charge in [-0.25, -0.2) is 0 Å². The molecule has 0 spiro atoms. The second-order valence-corrected chi connectivity index (χ2v) is 5.24. The molecule has 0 heterocycles. The smallest absolute Gasteiger partial charge is 0.0718 e. The Bertz CT molecular complexity index is 466. The molecule has 0 N–H and O–H groups in total. The minimum absolute atomic E-state index is 0.509. The number of allylic oxidation sites excluding steroid dienone is 1. The Labute approximate surface area is 134 Å². The Balaban J connectivity index is 2.16. The van der Waals surface area contributed by atoms with Crippen molar-refractivity contribution >= 4 is 11.1 Å². The van der Waals surface area contributed by atoms with Crippen molar-refractivity contribution in [3.8, 4) is 0 Å². The number of hydrogen-bond acceptors (Lipinski definition) is 3. The fraction of sp³-hybridized carbons (Fsp3) is 0.474. The van der Waals surface area contributed by atoms with Crippen LogP contribution in [-0.4, -0.2) is 39.6 Å². The fourth-order valence-electron chi connectivity index (χ4n) is 1.87. The largest absolute Gasteiger partial charge is 0.379 e.